The maximum Gasteiger partial charge on any atom is 0.352 e. The molecule has 0 aliphatic carbocycles. The van der Waals surface area contributed by atoms with Gasteiger partial charge < -0.3 is 4.74 Å². The van der Waals surface area contributed by atoms with Crippen molar-refractivity contribution in [1.82, 2.24) is 19.4 Å². The molecule has 0 aliphatic rings. The number of rotatable bonds is 2. The minimum Gasteiger partial charge on any atom is -0.462 e. The van der Waals surface area contributed by atoms with Gasteiger partial charge in [-0.2, -0.15) is 4.37 Å². The smallest absolute Gasteiger partial charge is 0.352 e. The molecule has 0 unspecified atom stereocenters. The molecule has 0 aliphatic heterocycles. The molecule has 0 N–H and O–H groups in total. The van der Waals surface area contributed by atoms with Crippen molar-refractivity contribution in [3.63, 3.8) is 0 Å². The molecular weight excluding hydrogens is 232 g/mol. The lowest BCUT2D eigenvalue weighted by molar-refractivity contribution is 0.0534. The predicted octanol–water partition coefficient (Wildman–Crippen LogP) is -0.0383. The average Bonchev–Trinajstić information content (AvgIpc) is 2.68. The van der Waals surface area contributed by atoms with Crippen LogP contribution in [0, 0.1) is 0 Å². The molecular formula is C8H8N4O3S. The van der Waals surface area contributed by atoms with Gasteiger partial charge >= 0.3 is 5.97 Å². The first-order valence-corrected chi connectivity index (χ1v) is 5.29. The van der Waals surface area contributed by atoms with Crippen molar-refractivity contribution in [3.8, 4) is 0 Å². The Morgan fingerprint density at radius 3 is 2.94 bits per heavy atom. The highest BCUT2D eigenvalue weighted by molar-refractivity contribution is 7.09. The first-order valence-electron chi connectivity index (χ1n) is 4.51. The summed E-state index contributed by atoms with van der Waals surface area (Å²) < 4.78 is 9.77. The molecule has 2 heterocycles. The monoisotopic (exact) mass is 240 g/mol. The number of hydrogen-bond acceptors (Lipinski definition) is 7. The van der Waals surface area contributed by atoms with Crippen molar-refractivity contribution in [2.75, 3.05) is 6.61 Å². The van der Waals surface area contributed by atoms with E-state index in [1.54, 1.807) is 6.92 Å². The van der Waals surface area contributed by atoms with Crippen LogP contribution >= 0.6 is 11.5 Å². The van der Waals surface area contributed by atoms with Crippen LogP contribution < -0.4 is 5.56 Å². The van der Waals surface area contributed by atoms with Crippen LogP contribution in [0.15, 0.2) is 4.79 Å². The molecule has 2 rings (SSSR count). The fourth-order valence-corrected chi connectivity index (χ4v) is 1.86. The van der Waals surface area contributed by atoms with E-state index in [-0.39, 0.29) is 28.1 Å². The predicted molar refractivity (Wildman–Crippen MR) is 56.4 cm³/mol. The van der Waals surface area contributed by atoms with E-state index in [4.69, 9.17) is 4.74 Å². The van der Waals surface area contributed by atoms with Gasteiger partial charge in [-0.1, -0.05) is 5.21 Å². The van der Waals surface area contributed by atoms with Crippen LogP contribution in [0.4, 0.5) is 0 Å². The Labute approximate surface area is 93.8 Å². The van der Waals surface area contributed by atoms with E-state index >= 15 is 0 Å². The molecule has 0 bridgehead atoms. The Balaban J connectivity index is 2.63. The Bertz CT molecular complexity index is 603. The third-order valence-electron chi connectivity index (χ3n) is 1.90. The number of carbonyl (C=O) groups is 1. The highest BCUT2D eigenvalue weighted by Gasteiger charge is 2.19. The van der Waals surface area contributed by atoms with Crippen LogP contribution in [0.3, 0.4) is 0 Å². The number of fused-ring (bicyclic) bond motifs is 1. The topological polar surface area (TPSA) is 87.0 Å². The maximum atomic E-state index is 11.6. The van der Waals surface area contributed by atoms with Crippen LogP contribution in [0.25, 0.3) is 11.0 Å². The summed E-state index contributed by atoms with van der Waals surface area (Å²) in [5, 5.41) is 7.36. The molecule has 0 spiro atoms. The van der Waals surface area contributed by atoms with Gasteiger partial charge in [0, 0.05) is 7.05 Å². The van der Waals surface area contributed by atoms with Gasteiger partial charge in [0.1, 0.15) is 5.52 Å². The fraction of sp³-hybridized carbons (Fsp3) is 0.375. The maximum absolute atomic E-state index is 11.6. The molecule has 2 aromatic heterocycles. The summed E-state index contributed by atoms with van der Waals surface area (Å²) in [5.74, 6) is -0.530. The number of nitrogens with zero attached hydrogens (tertiary/aromatic N) is 4. The minimum absolute atomic E-state index is 0.144. The normalized spacial score (nSPS) is 10.6. The number of ether oxygens (including phenoxy) is 1. The molecule has 0 fully saturated rings. The van der Waals surface area contributed by atoms with Crippen molar-refractivity contribution in [2.45, 2.75) is 6.92 Å². The van der Waals surface area contributed by atoms with Crippen molar-refractivity contribution >= 4 is 28.5 Å². The Morgan fingerprint density at radius 1 is 1.50 bits per heavy atom. The number of aromatic nitrogens is 4. The van der Waals surface area contributed by atoms with Crippen LogP contribution in [0.2, 0.25) is 0 Å². The van der Waals surface area contributed by atoms with E-state index < -0.39 is 5.97 Å². The van der Waals surface area contributed by atoms with Crippen molar-refractivity contribution < 1.29 is 9.53 Å². The number of carbonyl (C=O) groups excluding carboxylic acids is 1. The summed E-state index contributed by atoms with van der Waals surface area (Å²) in [4.78, 5) is 23.3. The highest BCUT2D eigenvalue weighted by Crippen LogP contribution is 2.17. The Morgan fingerprint density at radius 2 is 2.25 bits per heavy atom. The molecule has 7 nitrogen and oxygen atoms in total. The summed E-state index contributed by atoms with van der Waals surface area (Å²) >= 11 is 0.893. The van der Waals surface area contributed by atoms with Crippen LogP contribution in [-0.2, 0) is 11.8 Å². The van der Waals surface area contributed by atoms with E-state index in [0.29, 0.717) is 0 Å². The minimum atomic E-state index is -0.530. The molecule has 0 amide bonds. The molecule has 2 aromatic rings. The van der Waals surface area contributed by atoms with E-state index in [9.17, 15) is 9.59 Å². The molecule has 0 aromatic carbocycles. The average molecular weight is 240 g/mol. The van der Waals surface area contributed by atoms with Gasteiger partial charge in [0.25, 0.3) is 5.56 Å². The third-order valence-corrected chi connectivity index (χ3v) is 2.72. The Kier molecular flexibility index (Phi) is 2.65. The van der Waals surface area contributed by atoms with Crippen LogP contribution in [0.1, 0.15) is 16.6 Å². The first-order chi connectivity index (χ1) is 7.65. The molecule has 0 saturated heterocycles. The van der Waals surface area contributed by atoms with E-state index in [1.165, 1.54) is 7.05 Å². The van der Waals surface area contributed by atoms with E-state index in [2.05, 4.69) is 14.7 Å². The largest absolute Gasteiger partial charge is 0.462 e. The molecule has 8 heteroatoms. The number of aryl methyl sites for hydroxylation is 1. The zero-order valence-corrected chi connectivity index (χ0v) is 9.45. The lowest BCUT2D eigenvalue weighted by Gasteiger charge is -1.97. The summed E-state index contributed by atoms with van der Waals surface area (Å²) in [5.41, 5.74) is -0.0334. The van der Waals surface area contributed by atoms with Gasteiger partial charge in [-0.05, 0) is 18.5 Å². The van der Waals surface area contributed by atoms with Gasteiger partial charge in [0.05, 0.1) is 6.61 Å². The second kappa shape index (κ2) is 3.97. The molecule has 0 atom stereocenters. The number of esters is 1. The van der Waals surface area contributed by atoms with Crippen LogP contribution in [-0.4, -0.2) is 31.9 Å². The van der Waals surface area contributed by atoms with Gasteiger partial charge in [-0.25, -0.2) is 9.48 Å². The summed E-state index contributed by atoms with van der Waals surface area (Å²) in [6.45, 7) is 1.96. The van der Waals surface area contributed by atoms with Gasteiger partial charge in [-0.3, -0.25) is 4.79 Å². The summed E-state index contributed by atoms with van der Waals surface area (Å²) in [6.07, 6.45) is 0. The van der Waals surface area contributed by atoms with Crippen molar-refractivity contribution in [2.24, 2.45) is 7.05 Å². The van der Waals surface area contributed by atoms with Gasteiger partial charge in [0.15, 0.2) is 10.4 Å². The second-order valence-electron chi connectivity index (χ2n) is 2.95. The first kappa shape index (κ1) is 10.7. The van der Waals surface area contributed by atoms with Gasteiger partial charge in [-0.15, -0.1) is 5.10 Å². The molecule has 84 valence electrons. The van der Waals surface area contributed by atoms with Crippen LogP contribution in [0.5, 0.6) is 0 Å². The highest BCUT2D eigenvalue weighted by atomic mass is 32.1. The Hall–Kier alpha value is -1.83. The second-order valence-corrected chi connectivity index (χ2v) is 3.72. The van der Waals surface area contributed by atoms with E-state index in [0.717, 1.165) is 16.2 Å². The fourth-order valence-electron chi connectivity index (χ4n) is 1.15. The van der Waals surface area contributed by atoms with Crippen molar-refractivity contribution in [1.29, 1.82) is 0 Å². The summed E-state index contributed by atoms with van der Waals surface area (Å²) in [7, 11) is 1.47. The number of hydrogen-bond donors (Lipinski definition) is 0. The SMILES string of the molecule is CCOC(=O)c1snc2c(=O)n(C)nnc12. The zero-order valence-electron chi connectivity index (χ0n) is 8.63. The van der Waals surface area contributed by atoms with Crippen molar-refractivity contribution in [3.05, 3.63) is 15.2 Å². The van der Waals surface area contributed by atoms with Gasteiger partial charge in [0.2, 0.25) is 0 Å². The zero-order chi connectivity index (χ0) is 11.7. The molecule has 16 heavy (non-hydrogen) atoms. The lowest BCUT2D eigenvalue weighted by Crippen LogP contribution is -2.21. The third kappa shape index (κ3) is 1.56. The van der Waals surface area contributed by atoms with E-state index in [1.807, 2.05) is 0 Å². The summed E-state index contributed by atoms with van der Waals surface area (Å²) in [6, 6.07) is 0. The lowest BCUT2D eigenvalue weighted by atomic mass is 10.4. The molecule has 0 radical (unpaired) electrons. The molecule has 0 saturated carbocycles. The standard InChI is InChI=1S/C8H8N4O3S/c1-3-15-8(14)6-4-5(10-16-6)7(13)12(2)11-9-4/h3H2,1-2H3. The quantitative estimate of drug-likeness (QED) is 0.684.